The van der Waals surface area contributed by atoms with Gasteiger partial charge in [0.25, 0.3) is 0 Å². The van der Waals surface area contributed by atoms with Crippen LogP contribution < -0.4 is 4.74 Å². The first-order valence-electron chi connectivity index (χ1n) is 12.1. The molecule has 0 amide bonds. The minimum atomic E-state index is -0.391. The molecule has 182 valence electrons. The molecule has 3 fully saturated rings. The van der Waals surface area contributed by atoms with Gasteiger partial charge in [-0.2, -0.15) is 0 Å². The molecule has 2 saturated carbocycles. The van der Waals surface area contributed by atoms with E-state index in [1.54, 1.807) is 7.11 Å². The first-order valence-corrected chi connectivity index (χ1v) is 12.9. The predicted octanol–water partition coefficient (Wildman–Crippen LogP) is 6.30. The molecule has 34 heavy (non-hydrogen) atoms. The van der Waals surface area contributed by atoms with Crippen molar-refractivity contribution < 1.29 is 23.7 Å². The lowest BCUT2D eigenvalue weighted by molar-refractivity contribution is -0.306. The molecule has 5 nitrogen and oxygen atoms in total. The molecule has 4 aliphatic rings. The molecule has 6 unspecified atom stereocenters. The molecule has 2 aliphatic heterocycles. The lowest BCUT2D eigenvalue weighted by atomic mass is 9.46. The first kappa shape index (κ1) is 23.8. The normalized spacial score (nSPS) is 37.7. The van der Waals surface area contributed by atoms with E-state index in [1.807, 2.05) is 30.4 Å². The van der Waals surface area contributed by atoms with Gasteiger partial charge in [0.2, 0.25) is 0 Å². The van der Waals surface area contributed by atoms with E-state index in [0.29, 0.717) is 24.7 Å². The summed E-state index contributed by atoms with van der Waals surface area (Å²) < 4.78 is 24.4. The quantitative estimate of drug-likeness (QED) is 0.339. The van der Waals surface area contributed by atoms with Crippen molar-refractivity contribution in [2.45, 2.75) is 51.9 Å². The Bertz CT molecular complexity index is 1060. The molecule has 2 heterocycles. The molecule has 1 aromatic rings. The van der Waals surface area contributed by atoms with Crippen molar-refractivity contribution in [3.8, 4) is 5.75 Å². The van der Waals surface area contributed by atoms with E-state index < -0.39 is 6.29 Å². The third-order valence-corrected chi connectivity index (χ3v) is 9.38. The minimum Gasteiger partial charge on any atom is -0.497 e. The number of carbonyl (C=O) groups is 1. The third kappa shape index (κ3) is 3.88. The van der Waals surface area contributed by atoms with E-state index in [9.17, 15) is 4.79 Å². The van der Waals surface area contributed by atoms with Crippen molar-refractivity contribution in [3.63, 3.8) is 0 Å². The second-order valence-electron chi connectivity index (χ2n) is 10.5. The molecule has 0 spiro atoms. The maximum atomic E-state index is 11.9. The van der Waals surface area contributed by atoms with Gasteiger partial charge in [-0.3, -0.25) is 0 Å². The van der Waals surface area contributed by atoms with Crippen LogP contribution in [0.4, 0.5) is 0 Å². The molecule has 6 heteroatoms. The Morgan fingerprint density at radius 3 is 2.76 bits per heavy atom. The molecule has 1 aromatic carbocycles. The highest BCUT2D eigenvalue weighted by Crippen LogP contribution is 2.63. The van der Waals surface area contributed by atoms with Crippen LogP contribution in [0.2, 0.25) is 0 Å². The van der Waals surface area contributed by atoms with Gasteiger partial charge in [-0.1, -0.05) is 54.1 Å². The second-order valence-corrected chi connectivity index (χ2v) is 11.4. The topological polar surface area (TPSA) is 54.0 Å². The molecular weight excluding hydrogens is 496 g/mol. The van der Waals surface area contributed by atoms with Crippen molar-refractivity contribution in [1.82, 2.24) is 0 Å². The summed E-state index contributed by atoms with van der Waals surface area (Å²) in [6, 6.07) is 5.90. The Morgan fingerprint density at radius 2 is 2.06 bits per heavy atom. The summed E-state index contributed by atoms with van der Waals surface area (Å²) in [4.78, 5) is 11.9. The summed E-state index contributed by atoms with van der Waals surface area (Å²) in [5.74, 6) is 1.21. The molecule has 0 N–H and O–H groups in total. The molecular formula is C28H33BrO5. The van der Waals surface area contributed by atoms with Crippen LogP contribution in [-0.4, -0.2) is 32.4 Å². The summed E-state index contributed by atoms with van der Waals surface area (Å²) in [5.41, 5.74) is 2.85. The van der Waals surface area contributed by atoms with E-state index in [0.717, 1.165) is 41.5 Å². The fraction of sp³-hybridized carbons (Fsp3) is 0.536. The van der Waals surface area contributed by atoms with Gasteiger partial charge in [-0.15, -0.1) is 0 Å². The smallest absolute Gasteiger partial charge is 0.338 e. The molecule has 5 rings (SSSR count). The Labute approximate surface area is 210 Å². The maximum absolute atomic E-state index is 11.9. The summed E-state index contributed by atoms with van der Waals surface area (Å²) in [6.07, 6.45) is 9.81. The molecule has 0 radical (unpaired) electrons. The number of methoxy groups -OCH3 is 1. The minimum absolute atomic E-state index is 0.0421. The van der Waals surface area contributed by atoms with Gasteiger partial charge in [0.05, 0.1) is 25.4 Å². The van der Waals surface area contributed by atoms with Crippen molar-refractivity contribution in [1.29, 1.82) is 0 Å². The molecule has 0 aromatic heterocycles. The number of esters is 1. The Morgan fingerprint density at radius 1 is 1.24 bits per heavy atom. The number of benzene rings is 1. The van der Waals surface area contributed by atoms with Crippen molar-refractivity contribution in [2.75, 3.05) is 20.3 Å². The zero-order chi connectivity index (χ0) is 24.1. The average molecular weight is 529 g/mol. The highest BCUT2D eigenvalue weighted by molar-refractivity contribution is 9.10. The van der Waals surface area contributed by atoms with Crippen LogP contribution in [-0.2, 0) is 19.0 Å². The van der Waals surface area contributed by atoms with Crippen LogP contribution in [0.1, 0.15) is 51.4 Å². The molecule has 1 saturated heterocycles. The van der Waals surface area contributed by atoms with Crippen LogP contribution in [0.15, 0.2) is 58.6 Å². The number of hydrogen-bond donors (Lipinski definition) is 0. The summed E-state index contributed by atoms with van der Waals surface area (Å²) in [5, 5.41) is 0. The standard InChI is InChI=1S/C28H33BrO5/c1-17-5-10-23-27(2,21(17)9-6-18-12-14-32-25(18)30)13-11-24-28(23,3)16-33-26(34-24)20-8-7-19(31-4)15-22(20)29/h6-9,12,15,21,23-24,26H,1,5,10-11,13-14,16H2,2-4H3/b9-6+. The summed E-state index contributed by atoms with van der Waals surface area (Å²) >= 11 is 3.66. The number of cyclic esters (lactones) is 1. The second kappa shape index (κ2) is 8.96. The van der Waals surface area contributed by atoms with Gasteiger partial charge in [-0.05, 0) is 61.3 Å². The fourth-order valence-electron chi connectivity index (χ4n) is 6.82. The number of allylic oxidation sites excluding steroid dienone is 2. The van der Waals surface area contributed by atoms with Gasteiger partial charge in [0, 0.05) is 21.4 Å². The molecule has 6 atom stereocenters. The Hall–Kier alpha value is -1.89. The van der Waals surface area contributed by atoms with Gasteiger partial charge in [0.15, 0.2) is 6.29 Å². The van der Waals surface area contributed by atoms with Crippen LogP contribution in [0.25, 0.3) is 0 Å². The zero-order valence-corrected chi connectivity index (χ0v) is 21.7. The van der Waals surface area contributed by atoms with Crippen LogP contribution in [0.5, 0.6) is 5.75 Å². The Balaban J connectivity index is 1.38. The number of rotatable bonds is 4. The fourth-order valence-corrected chi connectivity index (χ4v) is 7.37. The largest absolute Gasteiger partial charge is 0.497 e. The number of hydrogen-bond acceptors (Lipinski definition) is 5. The van der Waals surface area contributed by atoms with Crippen molar-refractivity contribution >= 4 is 21.9 Å². The number of ether oxygens (including phenoxy) is 4. The molecule has 0 bridgehead atoms. The van der Waals surface area contributed by atoms with Gasteiger partial charge < -0.3 is 18.9 Å². The number of fused-ring (bicyclic) bond motifs is 3. The highest BCUT2D eigenvalue weighted by Gasteiger charge is 2.60. The highest BCUT2D eigenvalue weighted by atomic mass is 79.9. The van der Waals surface area contributed by atoms with Crippen LogP contribution in [0, 0.1) is 22.7 Å². The van der Waals surface area contributed by atoms with Gasteiger partial charge >= 0.3 is 5.97 Å². The van der Waals surface area contributed by atoms with E-state index in [2.05, 4.69) is 42.4 Å². The van der Waals surface area contributed by atoms with E-state index in [1.165, 1.54) is 5.57 Å². The summed E-state index contributed by atoms with van der Waals surface area (Å²) in [7, 11) is 1.66. The van der Waals surface area contributed by atoms with Crippen molar-refractivity contribution in [3.05, 3.63) is 64.2 Å². The van der Waals surface area contributed by atoms with Crippen LogP contribution >= 0.6 is 15.9 Å². The molecule has 2 aliphatic carbocycles. The summed E-state index contributed by atoms with van der Waals surface area (Å²) in [6.45, 7) is 10.2. The lowest BCUT2D eigenvalue weighted by Gasteiger charge is -2.62. The maximum Gasteiger partial charge on any atom is 0.338 e. The number of carbonyl (C=O) groups excluding carboxylic acids is 1. The predicted molar refractivity (Wildman–Crippen MR) is 133 cm³/mol. The third-order valence-electron chi connectivity index (χ3n) is 8.69. The Kier molecular flexibility index (Phi) is 6.28. The average Bonchev–Trinajstić information content (AvgIpc) is 3.22. The number of halogens is 1. The van der Waals surface area contributed by atoms with Crippen LogP contribution in [0.3, 0.4) is 0 Å². The zero-order valence-electron chi connectivity index (χ0n) is 20.1. The van der Waals surface area contributed by atoms with Gasteiger partial charge in [0.1, 0.15) is 12.4 Å². The lowest BCUT2D eigenvalue weighted by Crippen LogP contribution is -2.60. The van der Waals surface area contributed by atoms with E-state index in [4.69, 9.17) is 18.9 Å². The van der Waals surface area contributed by atoms with E-state index >= 15 is 0 Å². The van der Waals surface area contributed by atoms with Gasteiger partial charge in [-0.25, -0.2) is 4.79 Å². The first-order chi connectivity index (χ1) is 16.3. The monoisotopic (exact) mass is 528 g/mol. The van der Waals surface area contributed by atoms with E-state index in [-0.39, 0.29) is 28.8 Å². The van der Waals surface area contributed by atoms with Crippen molar-refractivity contribution in [2.24, 2.45) is 22.7 Å². The SMILES string of the molecule is C=C1CCC2C3(C)COC(c4ccc(OC)cc4Br)OC3CCC2(C)C1/C=C/C1=CCOC1=O.